The highest BCUT2D eigenvalue weighted by Crippen LogP contribution is 2.07. The predicted molar refractivity (Wildman–Crippen MR) is 66.2 cm³/mol. The van der Waals surface area contributed by atoms with Gasteiger partial charge in [0.25, 0.3) is 5.91 Å². The smallest absolute Gasteiger partial charge is 0.252 e. The molecule has 0 radical (unpaired) electrons. The minimum absolute atomic E-state index is 0.0354. The van der Waals surface area contributed by atoms with Gasteiger partial charge in [-0.25, -0.2) is 0 Å². The molecule has 16 heavy (non-hydrogen) atoms. The maximum absolute atomic E-state index is 11.8. The van der Waals surface area contributed by atoms with Crippen LogP contribution in [0.4, 0.5) is 0 Å². The molecule has 0 spiro atoms. The zero-order valence-corrected chi connectivity index (χ0v) is 9.84. The quantitative estimate of drug-likeness (QED) is 0.607. The van der Waals surface area contributed by atoms with Gasteiger partial charge in [0.1, 0.15) is 0 Å². The lowest BCUT2D eigenvalue weighted by atomic mass is 10.1. The number of hydrogen-bond acceptors (Lipinski definition) is 1. The molecule has 2 nitrogen and oxygen atoms in total. The molecule has 1 aromatic rings. The van der Waals surface area contributed by atoms with E-state index in [0.717, 1.165) is 24.9 Å². The maximum atomic E-state index is 11.8. The topological polar surface area (TPSA) is 29.1 Å². The van der Waals surface area contributed by atoms with Crippen molar-refractivity contribution < 1.29 is 4.79 Å². The molecule has 0 aliphatic carbocycles. The second-order valence-corrected chi connectivity index (χ2v) is 3.53. The van der Waals surface area contributed by atoms with Crippen LogP contribution in [-0.4, -0.2) is 12.5 Å². The fourth-order valence-corrected chi connectivity index (χ4v) is 1.40. The van der Waals surface area contributed by atoms with Gasteiger partial charge in [0.05, 0.1) is 5.56 Å². The Morgan fingerprint density at radius 1 is 1.38 bits per heavy atom. The van der Waals surface area contributed by atoms with E-state index in [9.17, 15) is 4.79 Å². The van der Waals surface area contributed by atoms with Crippen molar-refractivity contribution >= 4 is 5.91 Å². The summed E-state index contributed by atoms with van der Waals surface area (Å²) in [6.07, 6.45) is 2.09. The van der Waals surface area contributed by atoms with E-state index in [4.69, 9.17) is 0 Å². The van der Waals surface area contributed by atoms with Gasteiger partial charge in [-0.2, -0.15) is 0 Å². The molecule has 0 heterocycles. The highest BCUT2D eigenvalue weighted by Gasteiger charge is 2.07. The van der Waals surface area contributed by atoms with Crippen molar-refractivity contribution in [2.75, 3.05) is 6.54 Å². The Morgan fingerprint density at radius 3 is 2.81 bits per heavy atom. The summed E-state index contributed by atoms with van der Waals surface area (Å²) in [6, 6.07) is 7.42. The average Bonchev–Trinajstić information content (AvgIpc) is 2.30. The summed E-state index contributed by atoms with van der Waals surface area (Å²) in [5, 5.41) is 2.89. The van der Waals surface area contributed by atoms with Gasteiger partial charge >= 0.3 is 0 Å². The molecule has 1 amide bonds. The van der Waals surface area contributed by atoms with Gasteiger partial charge < -0.3 is 5.32 Å². The van der Waals surface area contributed by atoms with Crippen LogP contribution in [0.1, 0.15) is 42.6 Å². The monoisotopic (exact) mass is 215 g/mol. The normalized spacial score (nSPS) is 9.12. The molecule has 0 bridgehead atoms. The number of rotatable bonds is 4. The molecule has 0 unspecified atom stereocenters. The number of benzene rings is 1. The highest BCUT2D eigenvalue weighted by atomic mass is 16.1. The van der Waals surface area contributed by atoms with Crippen LogP contribution in [0.15, 0.2) is 24.3 Å². The molecule has 1 rings (SSSR count). The van der Waals surface area contributed by atoms with Crippen molar-refractivity contribution in [3.8, 4) is 11.8 Å². The molecular formula is C14H17NO. The van der Waals surface area contributed by atoms with Gasteiger partial charge in [-0.15, -0.1) is 5.92 Å². The van der Waals surface area contributed by atoms with Gasteiger partial charge in [-0.3, -0.25) is 4.79 Å². The Bertz CT molecular complexity index is 412. The lowest BCUT2D eigenvalue weighted by Gasteiger charge is -2.05. The van der Waals surface area contributed by atoms with Crippen LogP contribution in [0, 0.1) is 11.8 Å². The molecule has 0 saturated heterocycles. The van der Waals surface area contributed by atoms with E-state index in [2.05, 4.69) is 24.1 Å². The summed E-state index contributed by atoms with van der Waals surface area (Å²) in [4.78, 5) is 11.8. The fraction of sp³-hybridized carbons (Fsp3) is 0.357. The van der Waals surface area contributed by atoms with Gasteiger partial charge in [-0.1, -0.05) is 31.4 Å². The zero-order chi connectivity index (χ0) is 11.8. The lowest BCUT2D eigenvalue weighted by molar-refractivity contribution is 0.0953. The largest absolute Gasteiger partial charge is 0.352 e. The van der Waals surface area contributed by atoms with Gasteiger partial charge in [-0.05, 0) is 25.5 Å². The molecular weight excluding hydrogens is 198 g/mol. The minimum Gasteiger partial charge on any atom is -0.352 e. The van der Waals surface area contributed by atoms with E-state index in [-0.39, 0.29) is 5.91 Å². The van der Waals surface area contributed by atoms with Crippen molar-refractivity contribution in [2.45, 2.75) is 26.7 Å². The first-order chi connectivity index (χ1) is 7.79. The van der Waals surface area contributed by atoms with Crippen LogP contribution in [-0.2, 0) is 0 Å². The standard InChI is InChI=1S/C14H17NO/c1-3-5-11-15-14(16)13-10-7-6-9-12(13)8-4-2/h6-7,9-10H,3,5,11H2,1-2H3,(H,15,16). The first kappa shape index (κ1) is 12.3. The van der Waals surface area contributed by atoms with Gasteiger partial charge in [0, 0.05) is 12.1 Å². The van der Waals surface area contributed by atoms with Crippen molar-refractivity contribution in [1.29, 1.82) is 0 Å². The number of carbonyl (C=O) groups is 1. The summed E-state index contributed by atoms with van der Waals surface area (Å²) in [5.41, 5.74) is 1.45. The minimum atomic E-state index is -0.0354. The first-order valence-corrected chi connectivity index (χ1v) is 5.59. The molecule has 0 aliphatic rings. The third-order valence-electron chi connectivity index (χ3n) is 2.25. The van der Waals surface area contributed by atoms with Crippen molar-refractivity contribution in [3.05, 3.63) is 35.4 Å². The van der Waals surface area contributed by atoms with E-state index in [0.29, 0.717) is 5.56 Å². The van der Waals surface area contributed by atoms with Crippen LogP contribution in [0.2, 0.25) is 0 Å². The summed E-state index contributed by atoms with van der Waals surface area (Å²) in [7, 11) is 0. The zero-order valence-electron chi connectivity index (χ0n) is 9.84. The van der Waals surface area contributed by atoms with Crippen LogP contribution in [0.3, 0.4) is 0 Å². The third kappa shape index (κ3) is 3.43. The molecule has 0 aliphatic heterocycles. The second kappa shape index (κ2) is 6.68. The SMILES string of the molecule is CC#Cc1ccccc1C(=O)NCCCC. The Balaban J connectivity index is 2.77. The molecule has 2 heteroatoms. The Kier molecular flexibility index (Phi) is 5.15. The van der Waals surface area contributed by atoms with Crippen LogP contribution >= 0.6 is 0 Å². The second-order valence-electron chi connectivity index (χ2n) is 3.53. The average molecular weight is 215 g/mol. The Hall–Kier alpha value is -1.75. The number of hydrogen-bond donors (Lipinski definition) is 1. The number of unbranched alkanes of at least 4 members (excludes halogenated alkanes) is 1. The van der Waals surface area contributed by atoms with Crippen LogP contribution < -0.4 is 5.32 Å². The van der Waals surface area contributed by atoms with Crippen molar-refractivity contribution in [3.63, 3.8) is 0 Å². The van der Waals surface area contributed by atoms with Crippen molar-refractivity contribution in [1.82, 2.24) is 5.32 Å². The van der Waals surface area contributed by atoms with E-state index in [1.165, 1.54) is 0 Å². The van der Waals surface area contributed by atoms with Crippen LogP contribution in [0.5, 0.6) is 0 Å². The lowest BCUT2D eigenvalue weighted by Crippen LogP contribution is -2.25. The number of carbonyl (C=O) groups excluding carboxylic acids is 1. The molecule has 1 N–H and O–H groups in total. The number of nitrogens with one attached hydrogen (secondary N) is 1. The molecule has 0 aromatic heterocycles. The van der Waals surface area contributed by atoms with Gasteiger partial charge in [0.2, 0.25) is 0 Å². The highest BCUT2D eigenvalue weighted by molar-refractivity contribution is 5.96. The van der Waals surface area contributed by atoms with Crippen molar-refractivity contribution in [2.24, 2.45) is 0 Å². The number of amides is 1. The summed E-state index contributed by atoms with van der Waals surface area (Å²) in [6.45, 7) is 4.59. The van der Waals surface area contributed by atoms with Crippen LogP contribution in [0.25, 0.3) is 0 Å². The third-order valence-corrected chi connectivity index (χ3v) is 2.25. The Morgan fingerprint density at radius 2 is 2.12 bits per heavy atom. The summed E-state index contributed by atoms with van der Waals surface area (Å²) in [5.74, 6) is 5.72. The van der Waals surface area contributed by atoms with E-state index < -0.39 is 0 Å². The van der Waals surface area contributed by atoms with E-state index in [1.54, 1.807) is 13.0 Å². The Labute approximate surface area is 97.1 Å². The molecule has 0 atom stereocenters. The van der Waals surface area contributed by atoms with Gasteiger partial charge in [0.15, 0.2) is 0 Å². The van der Waals surface area contributed by atoms with E-state index in [1.807, 2.05) is 18.2 Å². The molecule has 84 valence electrons. The fourth-order valence-electron chi connectivity index (χ4n) is 1.40. The summed E-state index contributed by atoms with van der Waals surface area (Å²) < 4.78 is 0. The van der Waals surface area contributed by atoms with E-state index >= 15 is 0 Å². The maximum Gasteiger partial charge on any atom is 0.252 e. The molecule has 0 saturated carbocycles. The molecule has 0 fully saturated rings. The molecule has 1 aromatic carbocycles. The summed E-state index contributed by atoms with van der Waals surface area (Å²) >= 11 is 0. The predicted octanol–water partition coefficient (Wildman–Crippen LogP) is 2.59. The first-order valence-electron chi connectivity index (χ1n) is 5.59.